The molecule has 1 rings (SSSR count). The van der Waals surface area contributed by atoms with Gasteiger partial charge in [-0.2, -0.15) is 0 Å². The third-order valence-corrected chi connectivity index (χ3v) is 1.50. The summed E-state index contributed by atoms with van der Waals surface area (Å²) in [6.45, 7) is 6.29. The van der Waals surface area contributed by atoms with E-state index in [0.717, 1.165) is 12.1 Å². The Morgan fingerprint density at radius 1 is 1.58 bits per heavy atom. The number of rotatable bonds is 3. The van der Waals surface area contributed by atoms with E-state index in [0.29, 0.717) is 11.8 Å². The molecule has 0 bridgehead atoms. The van der Waals surface area contributed by atoms with Crippen LogP contribution < -0.4 is 0 Å². The van der Waals surface area contributed by atoms with E-state index in [1.807, 2.05) is 13.0 Å². The molecule has 0 N–H and O–H groups in total. The number of hydrogen-bond acceptors (Lipinski definition) is 2. The van der Waals surface area contributed by atoms with Gasteiger partial charge in [-0.3, -0.25) is 0 Å². The van der Waals surface area contributed by atoms with Crippen LogP contribution in [0.2, 0.25) is 0 Å². The van der Waals surface area contributed by atoms with E-state index in [9.17, 15) is 0 Å². The Kier molecular flexibility index (Phi) is 3.09. The lowest BCUT2D eigenvalue weighted by molar-refractivity contribution is 0.545. The van der Waals surface area contributed by atoms with E-state index in [4.69, 9.17) is 4.42 Å². The molecule has 0 atom stereocenters. The van der Waals surface area contributed by atoms with Crippen molar-refractivity contribution in [1.29, 1.82) is 0 Å². The highest BCUT2D eigenvalue weighted by atomic mass is 16.3. The smallest absolute Gasteiger partial charge is 0.218 e. The molecule has 1 heterocycles. The Hall–Kier alpha value is -1.05. The number of hydrogen-bond donors (Lipinski definition) is 0. The summed E-state index contributed by atoms with van der Waals surface area (Å²) in [7, 11) is 0. The lowest BCUT2D eigenvalue weighted by Crippen LogP contribution is -1.81. The summed E-state index contributed by atoms with van der Waals surface area (Å²) in [6, 6.07) is 0. The van der Waals surface area contributed by atoms with Crippen molar-refractivity contribution in [2.75, 3.05) is 0 Å². The first-order chi connectivity index (χ1) is 5.68. The van der Waals surface area contributed by atoms with E-state index in [2.05, 4.69) is 24.9 Å². The third kappa shape index (κ3) is 2.91. The Morgan fingerprint density at radius 3 is 2.83 bits per heavy atom. The zero-order valence-corrected chi connectivity index (χ0v) is 7.87. The minimum absolute atomic E-state index is 0.692. The Balaban J connectivity index is 2.46. The SMILES string of the molecule is Cc1coc(/C=C/CC(C)C)n1. The van der Waals surface area contributed by atoms with Crippen molar-refractivity contribution in [3.05, 3.63) is 23.9 Å². The van der Waals surface area contributed by atoms with Gasteiger partial charge in [0.1, 0.15) is 6.26 Å². The summed E-state index contributed by atoms with van der Waals surface area (Å²) in [5.74, 6) is 1.39. The lowest BCUT2D eigenvalue weighted by atomic mass is 10.1. The van der Waals surface area contributed by atoms with Crippen LogP contribution >= 0.6 is 0 Å². The van der Waals surface area contributed by atoms with E-state index < -0.39 is 0 Å². The second kappa shape index (κ2) is 4.10. The van der Waals surface area contributed by atoms with Crippen LogP contribution in [0.5, 0.6) is 0 Å². The van der Waals surface area contributed by atoms with Gasteiger partial charge in [0.05, 0.1) is 5.69 Å². The largest absolute Gasteiger partial charge is 0.445 e. The number of aryl methyl sites for hydroxylation is 1. The van der Waals surface area contributed by atoms with Crippen molar-refractivity contribution in [3.63, 3.8) is 0 Å². The minimum Gasteiger partial charge on any atom is -0.445 e. The van der Waals surface area contributed by atoms with Gasteiger partial charge in [0.2, 0.25) is 5.89 Å². The average Bonchev–Trinajstić information content (AvgIpc) is 2.35. The predicted molar refractivity (Wildman–Crippen MR) is 49.7 cm³/mol. The Labute approximate surface area is 73.3 Å². The fourth-order valence-corrected chi connectivity index (χ4v) is 0.890. The Bertz CT molecular complexity index is 261. The van der Waals surface area contributed by atoms with Crippen molar-refractivity contribution in [1.82, 2.24) is 4.98 Å². The van der Waals surface area contributed by atoms with Gasteiger partial charge < -0.3 is 4.42 Å². The van der Waals surface area contributed by atoms with Crippen LogP contribution in [-0.4, -0.2) is 4.98 Å². The molecule has 0 unspecified atom stereocenters. The van der Waals surface area contributed by atoms with Crippen molar-refractivity contribution in [2.24, 2.45) is 5.92 Å². The predicted octanol–water partition coefficient (Wildman–Crippen LogP) is 3.04. The van der Waals surface area contributed by atoms with Gasteiger partial charge in [-0.15, -0.1) is 0 Å². The van der Waals surface area contributed by atoms with E-state index in [1.54, 1.807) is 6.26 Å². The average molecular weight is 165 g/mol. The maximum atomic E-state index is 5.15. The summed E-state index contributed by atoms with van der Waals surface area (Å²) >= 11 is 0. The normalized spacial score (nSPS) is 11.7. The van der Waals surface area contributed by atoms with Gasteiger partial charge in [0.15, 0.2) is 0 Å². The highest BCUT2D eigenvalue weighted by Gasteiger charge is 1.94. The number of aromatic nitrogens is 1. The summed E-state index contributed by atoms with van der Waals surface area (Å²) in [5, 5.41) is 0. The zero-order chi connectivity index (χ0) is 8.97. The van der Waals surface area contributed by atoms with E-state index in [1.165, 1.54) is 0 Å². The molecule has 0 aliphatic heterocycles. The maximum absolute atomic E-state index is 5.15. The molecule has 12 heavy (non-hydrogen) atoms. The van der Waals surface area contributed by atoms with Crippen LogP contribution in [-0.2, 0) is 0 Å². The highest BCUT2D eigenvalue weighted by molar-refractivity contribution is 5.37. The minimum atomic E-state index is 0.692. The van der Waals surface area contributed by atoms with Crippen LogP contribution in [0.1, 0.15) is 31.9 Å². The first-order valence-electron chi connectivity index (χ1n) is 4.27. The molecular weight excluding hydrogens is 150 g/mol. The van der Waals surface area contributed by atoms with Crippen LogP contribution in [0.25, 0.3) is 6.08 Å². The van der Waals surface area contributed by atoms with Crippen molar-refractivity contribution in [2.45, 2.75) is 27.2 Å². The molecule has 2 nitrogen and oxygen atoms in total. The molecule has 0 aliphatic carbocycles. The number of allylic oxidation sites excluding steroid dienone is 1. The summed E-state index contributed by atoms with van der Waals surface area (Å²) < 4.78 is 5.15. The van der Waals surface area contributed by atoms with Gasteiger partial charge >= 0.3 is 0 Å². The van der Waals surface area contributed by atoms with Gasteiger partial charge in [0.25, 0.3) is 0 Å². The Morgan fingerprint density at radius 2 is 2.33 bits per heavy atom. The van der Waals surface area contributed by atoms with Crippen molar-refractivity contribution < 1.29 is 4.42 Å². The topological polar surface area (TPSA) is 26.0 Å². The monoisotopic (exact) mass is 165 g/mol. The van der Waals surface area contributed by atoms with Gasteiger partial charge in [0, 0.05) is 0 Å². The first kappa shape index (κ1) is 9.04. The van der Waals surface area contributed by atoms with Gasteiger partial charge in [-0.1, -0.05) is 19.9 Å². The number of nitrogens with zero attached hydrogens (tertiary/aromatic N) is 1. The molecule has 0 spiro atoms. The van der Waals surface area contributed by atoms with Gasteiger partial charge in [-0.25, -0.2) is 4.98 Å². The van der Waals surface area contributed by atoms with E-state index in [-0.39, 0.29) is 0 Å². The summed E-state index contributed by atoms with van der Waals surface area (Å²) in [5.41, 5.74) is 0.930. The summed E-state index contributed by atoms with van der Waals surface area (Å²) in [4.78, 5) is 4.15. The van der Waals surface area contributed by atoms with Crippen molar-refractivity contribution >= 4 is 6.08 Å². The molecule has 0 radical (unpaired) electrons. The standard InChI is InChI=1S/C10H15NO/c1-8(2)5-4-6-10-11-9(3)7-12-10/h4,6-8H,5H2,1-3H3/b6-4+. The maximum Gasteiger partial charge on any atom is 0.218 e. The third-order valence-electron chi connectivity index (χ3n) is 1.50. The highest BCUT2D eigenvalue weighted by Crippen LogP contribution is 2.05. The lowest BCUT2D eigenvalue weighted by Gasteiger charge is -1.94. The number of oxazole rings is 1. The molecule has 0 saturated heterocycles. The molecule has 0 fully saturated rings. The van der Waals surface area contributed by atoms with Crippen LogP contribution in [0.3, 0.4) is 0 Å². The molecule has 0 saturated carbocycles. The molecule has 1 aromatic rings. The van der Waals surface area contributed by atoms with Crippen molar-refractivity contribution in [3.8, 4) is 0 Å². The van der Waals surface area contributed by atoms with Gasteiger partial charge in [-0.05, 0) is 25.3 Å². The molecule has 2 heteroatoms. The zero-order valence-electron chi connectivity index (χ0n) is 7.87. The molecule has 0 aromatic carbocycles. The quantitative estimate of drug-likeness (QED) is 0.688. The second-order valence-electron chi connectivity index (χ2n) is 3.36. The first-order valence-corrected chi connectivity index (χ1v) is 4.27. The molecular formula is C10H15NO. The van der Waals surface area contributed by atoms with Crippen LogP contribution in [0.15, 0.2) is 16.8 Å². The molecule has 0 aliphatic rings. The fraction of sp³-hybridized carbons (Fsp3) is 0.500. The molecule has 1 aromatic heterocycles. The van der Waals surface area contributed by atoms with Crippen LogP contribution in [0.4, 0.5) is 0 Å². The van der Waals surface area contributed by atoms with E-state index >= 15 is 0 Å². The van der Waals surface area contributed by atoms with Crippen LogP contribution in [0, 0.1) is 12.8 Å². The fourth-order valence-electron chi connectivity index (χ4n) is 0.890. The molecule has 0 amide bonds. The second-order valence-corrected chi connectivity index (χ2v) is 3.36. The molecule has 66 valence electrons. The summed E-state index contributed by atoms with van der Waals surface area (Å²) in [6.07, 6.45) is 6.75.